The second-order valence-corrected chi connectivity index (χ2v) is 20.2. The Morgan fingerprint density at radius 3 is 1.23 bits per heavy atom. The van der Waals surface area contributed by atoms with Crippen molar-refractivity contribution >= 4 is 17.1 Å². The van der Waals surface area contributed by atoms with Gasteiger partial charge >= 0.3 is 0 Å². The summed E-state index contributed by atoms with van der Waals surface area (Å²) in [6.45, 7) is 28.4. The lowest BCUT2D eigenvalue weighted by atomic mass is 9.81. The zero-order chi connectivity index (χ0) is 59.3. The van der Waals surface area contributed by atoms with Crippen LogP contribution in [0.1, 0.15) is 52.2 Å². The Hall–Kier alpha value is -3.91. The number of allylic oxidation sites excluding steroid dienone is 6. The largest absolute Gasteiger partial charge is 0.491 e. The van der Waals surface area contributed by atoms with E-state index in [-0.39, 0.29) is 10.8 Å². The first-order valence-electron chi connectivity index (χ1n) is 29.7. The van der Waals surface area contributed by atoms with Gasteiger partial charge in [0.05, 0.1) is 184 Å². The van der Waals surface area contributed by atoms with Crippen molar-refractivity contribution in [3.63, 3.8) is 0 Å². The van der Waals surface area contributed by atoms with E-state index in [1.54, 1.807) is 21.3 Å². The molecule has 0 bridgehead atoms. The number of nitrogens with zero attached hydrogens (tertiary/aromatic N) is 2. The van der Waals surface area contributed by atoms with Crippen molar-refractivity contribution in [1.29, 1.82) is 0 Å². The standard InChI is InChI=1S/C63H103N2O18/c1-9-21-69-30-33-75-42-43-79-45-47-81-49-51-83-55-16-18-59-57(53-55)63(4,5)61(65(59)20-23-71-32-35-77-40-37-73-28-25-67-7)14-12-10-11-13-60-62(2,3)56-52-54(82-50-48-80-46-44-78-41-38-74-29-26-68-8)15-17-58(56)64(60)19-22-70-31-34-76-39-36-72-27-24-66-6/h10-18,52-53H,9,19-51H2,1-8H3/q+1. The predicted molar refractivity (Wildman–Crippen MR) is 320 cm³/mol. The van der Waals surface area contributed by atoms with Crippen LogP contribution < -0.4 is 14.4 Å². The number of hydrogen-bond acceptors (Lipinski definition) is 19. The highest BCUT2D eigenvalue weighted by molar-refractivity contribution is 6.03. The molecule has 20 heteroatoms. The Kier molecular flexibility index (Phi) is 39.2. The molecular weight excluding hydrogens is 1070 g/mol. The Labute approximate surface area is 496 Å². The quantitative estimate of drug-likeness (QED) is 0.0370. The summed E-state index contributed by atoms with van der Waals surface area (Å²) in [5.74, 6) is 1.58. The van der Waals surface area contributed by atoms with Gasteiger partial charge in [0, 0.05) is 69.0 Å². The molecular formula is C63H103N2O18+. The lowest BCUT2D eigenvalue weighted by Crippen LogP contribution is -2.29. The van der Waals surface area contributed by atoms with Crippen molar-refractivity contribution in [2.24, 2.45) is 0 Å². The summed E-state index contributed by atoms with van der Waals surface area (Å²) >= 11 is 0. The lowest BCUT2D eigenvalue weighted by molar-refractivity contribution is -0.442. The van der Waals surface area contributed by atoms with Crippen LogP contribution in [0.3, 0.4) is 0 Å². The molecule has 0 aliphatic carbocycles. The zero-order valence-corrected chi connectivity index (χ0v) is 51.6. The van der Waals surface area contributed by atoms with Crippen molar-refractivity contribution in [2.45, 2.75) is 51.9 Å². The first kappa shape index (κ1) is 71.6. The van der Waals surface area contributed by atoms with Crippen molar-refractivity contribution in [3.8, 4) is 11.5 Å². The van der Waals surface area contributed by atoms with Gasteiger partial charge in [0.1, 0.15) is 31.3 Å². The van der Waals surface area contributed by atoms with E-state index in [0.29, 0.717) is 211 Å². The third kappa shape index (κ3) is 28.4. The maximum Gasteiger partial charge on any atom is 0.210 e. The maximum atomic E-state index is 6.24. The maximum absolute atomic E-state index is 6.24. The fourth-order valence-corrected chi connectivity index (χ4v) is 9.04. The van der Waals surface area contributed by atoms with Crippen LogP contribution in [0.5, 0.6) is 11.5 Å². The molecule has 0 fully saturated rings. The third-order valence-corrected chi connectivity index (χ3v) is 13.4. The third-order valence-electron chi connectivity index (χ3n) is 13.4. The van der Waals surface area contributed by atoms with Crippen LogP contribution in [0.25, 0.3) is 0 Å². The number of fused-ring (bicyclic) bond motifs is 2. The van der Waals surface area contributed by atoms with E-state index in [1.165, 1.54) is 11.1 Å². The van der Waals surface area contributed by atoms with Crippen LogP contribution >= 0.6 is 0 Å². The van der Waals surface area contributed by atoms with Gasteiger partial charge in [-0.2, -0.15) is 4.58 Å². The Morgan fingerprint density at radius 1 is 0.398 bits per heavy atom. The summed E-state index contributed by atoms with van der Waals surface area (Å²) in [5.41, 5.74) is 6.17. The summed E-state index contributed by atoms with van der Waals surface area (Å²) in [4.78, 5) is 2.35. The zero-order valence-electron chi connectivity index (χ0n) is 51.6. The van der Waals surface area contributed by atoms with Crippen molar-refractivity contribution in [1.82, 2.24) is 0 Å². The summed E-state index contributed by atoms with van der Waals surface area (Å²) in [7, 11) is 4.97. The summed E-state index contributed by atoms with van der Waals surface area (Å²) in [5, 5.41) is 0. The molecule has 2 aliphatic rings. The van der Waals surface area contributed by atoms with E-state index in [0.717, 1.165) is 47.3 Å². The second kappa shape index (κ2) is 45.4. The molecule has 0 unspecified atom stereocenters. The monoisotopic (exact) mass is 1180 g/mol. The van der Waals surface area contributed by atoms with E-state index >= 15 is 0 Å². The number of methoxy groups -OCH3 is 3. The van der Waals surface area contributed by atoms with Gasteiger partial charge in [-0.3, -0.25) is 0 Å². The molecule has 0 N–H and O–H groups in total. The number of hydrogen-bond donors (Lipinski definition) is 0. The fraction of sp³-hybridized carbons (Fsp3) is 0.698. The van der Waals surface area contributed by atoms with Crippen molar-refractivity contribution in [2.75, 3.05) is 244 Å². The predicted octanol–water partition coefficient (Wildman–Crippen LogP) is 7.18. The number of ether oxygens (including phenoxy) is 18. The molecule has 0 radical (unpaired) electrons. The smallest absolute Gasteiger partial charge is 0.210 e. The Bertz CT molecular complexity index is 2100. The van der Waals surface area contributed by atoms with Crippen LogP contribution in [0, 0.1) is 0 Å². The normalized spacial score (nSPS) is 15.0. The average Bonchev–Trinajstić information content (AvgIpc) is 2.04. The number of benzene rings is 2. The van der Waals surface area contributed by atoms with Crippen LogP contribution in [-0.4, -0.2) is 250 Å². The Balaban J connectivity index is 1.41. The van der Waals surface area contributed by atoms with E-state index in [1.807, 2.05) is 12.1 Å². The van der Waals surface area contributed by atoms with Gasteiger partial charge in [-0.15, -0.1) is 0 Å². The molecule has 2 aliphatic heterocycles. The van der Waals surface area contributed by atoms with Crippen molar-refractivity contribution < 1.29 is 89.8 Å². The highest BCUT2D eigenvalue weighted by Gasteiger charge is 2.45. The van der Waals surface area contributed by atoms with Crippen molar-refractivity contribution in [3.05, 3.63) is 83.6 Å². The van der Waals surface area contributed by atoms with E-state index in [4.69, 9.17) is 85.3 Å². The molecule has 20 nitrogen and oxygen atoms in total. The molecule has 83 heavy (non-hydrogen) atoms. The second-order valence-electron chi connectivity index (χ2n) is 20.2. The van der Waals surface area contributed by atoms with Gasteiger partial charge in [0.25, 0.3) is 0 Å². The van der Waals surface area contributed by atoms with E-state index in [9.17, 15) is 0 Å². The summed E-state index contributed by atoms with van der Waals surface area (Å²) < 4.78 is 104. The molecule has 0 amide bonds. The van der Waals surface area contributed by atoms with Crippen LogP contribution in [0.2, 0.25) is 0 Å². The lowest BCUT2D eigenvalue weighted by Gasteiger charge is -2.27. The molecule has 2 aromatic carbocycles. The van der Waals surface area contributed by atoms with Crippen LogP contribution in [0.4, 0.5) is 11.4 Å². The molecule has 0 saturated carbocycles. The summed E-state index contributed by atoms with van der Waals surface area (Å²) in [6.07, 6.45) is 11.8. The molecule has 2 aromatic rings. The molecule has 2 heterocycles. The van der Waals surface area contributed by atoms with Gasteiger partial charge < -0.3 is 90.2 Å². The minimum atomic E-state index is -0.349. The van der Waals surface area contributed by atoms with Crippen LogP contribution in [0.15, 0.2) is 72.5 Å². The molecule has 0 spiro atoms. The minimum Gasteiger partial charge on any atom is -0.491 e. The topological polar surface area (TPSA) is 172 Å². The molecule has 0 saturated heterocycles. The molecule has 0 atom stereocenters. The highest BCUT2D eigenvalue weighted by atomic mass is 16.6. The van der Waals surface area contributed by atoms with Gasteiger partial charge in [-0.05, 0) is 62.2 Å². The number of anilines is 1. The van der Waals surface area contributed by atoms with E-state index < -0.39 is 0 Å². The van der Waals surface area contributed by atoms with Crippen LogP contribution in [-0.2, 0) is 86.6 Å². The average molecular weight is 1180 g/mol. The Morgan fingerprint density at radius 2 is 0.783 bits per heavy atom. The van der Waals surface area contributed by atoms with Gasteiger partial charge in [-0.25, -0.2) is 0 Å². The molecule has 4 rings (SSSR count). The summed E-state index contributed by atoms with van der Waals surface area (Å²) in [6, 6.07) is 12.6. The molecule has 472 valence electrons. The first-order chi connectivity index (χ1) is 40.7. The van der Waals surface area contributed by atoms with E-state index in [2.05, 4.69) is 98.7 Å². The first-order valence-corrected chi connectivity index (χ1v) is 29.7. The fourth-order valence-electron chi connectivity index (χ4n) is 9.04. The van der Waals surface area contributed by atoms with Gasteiger partial charge in [0.2, 0.25) is 5.69 Å². The number of rotatable bonds is 55. The highest BCUT2D eigenvalue weighted by Crippen LogP contribution is 2.49. The van der Waals surface area contributed by atoms with Gasteiger partial charge in [-0.1, -0.05) is 39.0 Å². The SMILES string of the molecule is CCCOCCOCCOCCOCCOc1ccc2c(c1)C(C)(C)\C(=C/C=C\C=C/C1=[N+](CCOCCOCCOCCOC)c3ccc(OCCOCCOCCOCCOC)cc3C1(C)C)N2CCOCCOCCOCCOC. The molecule has 0 aromatic heterocycles. The van der Waals surface area contributed by atoms with Gasteiger partial charge in [0.15, 0.2) is 12.3 Å². The minimum absolute atomic E-state index is 0.348.